The second-order valence-electron chi connectivity index (χ2n) is 15.4. The molecule has 0 fully saturated rings. The average molecular weight is 559 g/mol. The highest BCUT2D eigenvalue weighted by Crippen LogP contribution is 2.69. The predicted molar refractivity (Wildman–Crippen MR) is 167 cm³/mol. The van der Waals surface area contributed by atoms with E-state index in [2.05, 4.69) is 83.1 Å². The van der Waals surface area contributed by atoms with E-state index >= 15 is 0 Å². The maximum atomic E-state index is 14.7. The molecule has 0 aromatic heterocycles. The van der Waals surface area contributed by atoms with Crippen molar-refractivity contribution in [3.8, 4) is 11.5 Å². The van der Waals surface area contributed by atoms with Gasteiger partial charge in [-0.2, -0.15) is 0 Å². The van der Waals surface area contributed by atoms with Crippen molar-refractivity contribution < 1.29 is 19.7 Å². The fraction of sp³-hybridized carbons (Fsp3) is 0.647. The maximum Gasteiger partial charge on any atom is 0.215 e. The fourth-order valence-electron chi connectivity index (χ4n) is 5.62. The van der Waals surface area contributed by atoms with Crippen molar-refractivity contribution in [2.75, 3.05) is 0 Å². The minimum absolute atomic E-state index is 0.275. The number of aromatic hydroxyl groups is 2. The standard InChI is InChI=1S/C34H55O4P/c1-15-27(21-17-23(31(3,4)5)29(35)24(18-21)32(6,7)8)39(37,38)28(16-2)22-19-25(33(9,10)11)30(36)26(20-22)34(12,13)14/h17-20,27-28,35-36H,15-16H2,1-14H3,(H,37,38). The van der Waals surface area contributed by atoms with Crippen molar-refractivity contribution in [2.24, 2.45) is 0 Å². The molecule has 0 aliphatic rings. The quantitative estimate of drug-likeness (QED) is 0.308. The van der Waals surface area contributed by atoms with Gasteiger partial charge in [0.2, 0.25) is 7.37 Å². The highest BCUT2D eigenvalue weighted by molar-refractivity contribution is 7.58. The van der Waals surface area contributed by atoms with Crippen LogP contribution >= 0.6 is 7.37 Å². The molecule has 0 heterocycles. The molecule has 0 amide bonds. The molecule has 2 atom stereocenters. The van der Waals surface area contributed by atoms with Gasteiger partial charge < -0.3 is 15.1 Å². The largest absolute Gasteiger partial charge is 0.507 e. The van der Waals surface area contributed by atoms with Gasteiger partial charge in [0.1, 0.15) is 11.5 Å². The minimum atomic E-state index is -3.84. The molecule has 2 aromatic rings. The third-order valence-corrected chi connectivity index (χ3v) is 11.0. The first-order chi connectivity index (χ1) is 17.4. The number of hydrogen-bond acceptors (Lipinski definition) is 3. The molecule has 39 heavy (non-hydrogen) atoms. The zero-order chi connectivity index (χ0) is 30.5. The molecule has 0 saturated carbocycles. The van der Waals surface area contributed by atoms with E-state index < -0.39 is 18.7 Å². The summed E-state index contributed by atoms with van der Waals surface area (Å²) in [6.07, 6.45) is 0.997. The highest BCUT2D eigenvalue weighted by atomic mass is 31.2. The average Bonchev–Trinajstić information content (AvgIpc) is 2.72. The normalized spacial score (nSPS) is 16.6. The molecular formula is C34H55O4P. The van der Waals surface area contributed by atoms with Crippen molar-refractivity contribution in [3.63, 3.8) is 0 Å². The van der Waals surface area contributed by atoms with Gasteiger partial charge >= 0.3 is 0 Å². The van der Waals surface area contributed by atoms with Gasteiger partial charge in [0.05, 0.1) is 11.3 Å². The van der Waals surface area contributed by atoms with Crippen LogP contribution in [-0.2, 0) is 26.2 Å². The summed E-state index contributed by atoms with van der Waals surface area (Å²) in [5, 5.41) is 22.5. The summed E-state index contributed by atoms with van der Waals surface area (Å²) in [7, 11) is -3.84. The molecule has 0 aliphatic heterocycles. The summed E-state index contributed by atoms with van der Waals surface area (Å²) in [4.78, 5) is 12.1. The van der Waals surface area contributed by atoms with E-state index in [0.717, 1.165) is 33.4 Å². The SMILES string of the molecule is CCC(c1cc(C(C)(C)C)c(O)c(C(C)(C)C)c1)P(=O)(O)C(CC)c1cc(C(C)(C)C)c(O)c(C(C)(C)C)c1. The van der Waals surface area contributed by atoms with Crippen LogP contribution in [-0.4, -0.2) is 15.1 Å². The molecule has 2 unspecified atom stereocenters. The Labute approximate surface area is 238 Å². The van der Waals surface area contributed by atoms with Crippen molar-refractivity contribution in [2.45, 2.75) is 143 Å². The second kappa shape index (κ2) is 10.9. The number of phenols is 2. The van der Waals surface area contributed by atoms with Gasteiger partial charge in [-0.15, -0.1) is 0 Å². The topological polar surface area (TPSA) is 77.8 Å². The molecule has 0 saturated heterocycles. The van der Waals surface area contributed by atoms with Crippen LogP contribution in [0, 0.1) is 0 Å². The molecule has 0 bridgehead atoms. The van der Waals surface area contributed by atoms with Crippen LogP contribution in [0.5, 0.6) is 11.5 Å². The van der Waals surface area contributed by atoms with Crippen LogP contribution in [0.25, 0.3) is 0 Å². The van der Waals surface area contributed by atoms with E-state index in [1.54, 1.807) is 0 Å². The molecule has 3 N–H and O–H groups in total. The Kier molecular flexibility index (Phi) is 9.34. The summed E-state index contributed by atoms with van der Waals surface area (Å²) >= 11 is 0. The van der Waals surface area contributed by atoms with Gasteiger partial charge in [-0.25, -0.2) is 0 Å². The van der Waals surface area contributed by atoms with Crippen LogP contribution in [0.15, 0.2) is 24.3 Å². The van der Waals surface area contributed by atoms with E-state index in [-0.39, 0.29) is 33.2 Å². The Morgan fingerprint density at radius 2 is 0.769 bits per heavy atom. The van der Waals surface area contributed by atoms with E-state index in [9.17, 15) is 19.7 Å². The van der Waals surface area contributed by atoms with Crippen molar-refractivity contribution in [1.29, 1.82) is 0 Å². The number of rotatable bonds is 6. The van der Waals surface area contributed by atoms with Crippen molar-refractivity contribution >= 4 is 7.37 Å². The molecule has 4 nitrogen and oxygen atoms in total. The minimum Gasteiger partial charge on any atom is -0.507 e. The Bertz CT molecular complexity index is 1070. The third-order valence-electron chi connectivity index (χ3n) is 7.93. The zero-order valence-electron chi connectivity index (χ0n) is 27.1. The van der Waals surface area contributed by atoms with Gasteiger partial charge in [-0.05, 0) is 67.9 Å². The summed E-state index contributed by atoms with van der Waals surface area (Å²) in [5.41, 5.74) is 2.30. The molecule has 0 aliphatic carbocycles. The molecule has 0 radical (unpaired) electrons. The molecule has 0 spiro atoms. The van der Waals surface area contributed by atoms with Crippen molar-refractivity contribution in [1.82, 2.24) is 0 Å². The number of hydrogen-bond donors (Lipinski definition) is 3. The smallest absolute Gasteiger partial charge is 0.215 e. The van der Waals surface area contributed by atoms with Crippen LogP contribution in [0.2, 0.25) is 0 Å². The lowest BCUT2D eigenvalue weighted by Crippen LogP contribution is -2.20. The Balaban J connectivity index is 2.88. The summed E-state index contributed by atoms with van der Waals surface area (Å²) < 4.78 is 14.7. The Hall–Kier alpha value is -1.77. The highest BCUT2D eigenvalue weighted by Gasteiger charge is 2.41. The fourth-order valence-corrected chi connectivity index (χ4v) is 8.26. The lowest BCUT2D eigenvalue weighted by atomic mass is 9.78. The van der Waals surface area contributed by atoms with E-state index in [1.807, 2.05) is 38.1 Å². The lowest BCUT2D eigenvalue weighted by Gasteiger charge is -2.34. The molecule has 2 aromatic carbocycles. The molecule has 2 rings (SSSR count). The second-order valence-corrected chi connectivity index (χ2v) is 18.0. The van der Waals surface area contributed by atoms with Gasteiger partial charge in [-0.3, -0.25) is 4.57 Å². The van der Waals surface area contributed by atoms with Gasteiger partial charge in [-0.1, -0.05) is 121 Å². The van der Waals surface area contributed by atoms with Crippen molar-refractivity contribution in [3.05, 3.63) is 57.6 Å². The summed E-state index contributed by atoms with van der Waals surface area (Å²) in [5.74, 6) is 0.549. The van der Waals surface area contributed by atoms with Gasteiger partial charge in [0, 0.05) is 0 Å². The monoisotopic (exact) mass is 558 g/mol. The molecule has 220 valence electrons. The van der Waals surface area contributed by atoms with E-state index in [4.69, 9.17) is 0 Å². The number of phenolic OH excluding ortho intramolecular Hbond substituents is 2. The number of benzene rings is 2. The third kappa shape index (κ3) is 6.94. The van der Waals surface area contributed by atoms with Crippen LogP contribution in [0.1, 0.15) is 154 Å². The maximum absolute atomic E-state index is 14.7. The van der Waals surface area contributed by atoms with Crippen LogP contribution in [0.3, 0.4) is 0 Å². The molecule has 5 heteroatoms. The first kappa shape index (κ1) is 33.4. The van der Waals surface area contributed by atoms with Gasteiger partial charge in [0.15, 0.2) is 0 Å². The summed E-state index contributed by atoms with van der Waals surface area (Å²) in [6.45, 7) is 28.7. The van der Waals surface area contributed by atoms with E-state index in [1.165, 1.54) is 0 Å². The first-order valence-electron chi connectivity index (χ1n) is 14.5. The first-order valence-corrected chi connectivity index (χ1v) is 16.3. The predicted octanol–water partition coefficient (Wildman–Crippen LogP) is 10.2. The molecular weight excluding hydrogens is 503 g/mol. The Morgan fingerprint density at radius 3 is 0.923 bits per heavy atom. The lowest BCUT2D eigenvalue weighted by molar-refractivity contribution is 0.419. The van der Waals surface area contributed by atoms with Gasteiger partial charge in [0.25, 0.3) is 0 Å². The summed E-state index contributed by atoms with van der Waals surface area (Å²) in [6, 6.07) is 7.80. The Morgan fingerprint density at radius 1 is 0.564 bits per heavy atom. The van der Waals surface area contributed by atoms with Crippen LogP contribution < -0.4 is 0 Å². The van der Waals surface area contributed by atoms with Crippen LogP contribution in [0.4, 0.5) is 0 Å². The van der Waals surface area contributed by atoms with E-state index in [0.29, 0.717) is 12.8 Å². The zero-order valence-corrected chi connectivity index (χ0v) is 28.0.